The molecule has 0 atom stereocenters. The zero-order valence-corrected chi connectivity index (χ0v) is 19.0. The van der Waals surface area contributed by atoms with Crippen LogP contribution >= 0.6 is 11.6 Å². The fourth-order valence-electron chi connectivity index (χ4n) is 3.44. The van der Waals surface area contributed by atoms with E-state index in [0.717, 1.165) is 16.0 Å². The predicted octanol–water partition coefficient (Wildman–Crippen LogP) is 5.02. The molecule has 172 valence electrons. The Morgan fingerprint density at radius 2 is 1.82 bits per heavy atom. The minimum atomic E-state index is -1.01. The number of halogens is 1. The van der Waals surface area contributed by atoms with Crippen LogP contribution in [0.2, 0.25) is 5.02 Å². The fourth-order valence-corrected chi connectivity index (χ4v) is 3.68. The zero-order chi connectivity index (χ0) is 24.2. The second kappa shape index (κ2) is 9.80. The number of nitrogens with one attached hydrogen (secondary N) is 1. The van der Waals surface area contributed by atoms with Crippen LogP contribution in [0.3, 0.4) is 0 Å². The number of hydrogen-bond acceptors (Lipinski definition) is 4. The van der Waals surface area contributed by atoms with Crippen molar-refractivity contribution in [2.75, 3.05) is 0 Å². The van der Waals surface area contributed by atoms with Gasteiger partial charge in [0, 0.05) is 0 Å². The van der Waals surface area contributed by atoms with Gasteiger partial charge in [0.1, 0.15) is 18.1 Å². The topological polar surface area (TPSA) is 95.9 Å². The van der Waals surface area contributed by atoms with E-state index < -0.39 is 17.9 Å². The van der Waals surface area contributed by atoms with Crippen LogP contribution in [-0.2, 0) is 17.9 Å². The largest absolute Gasteiger partial charge is 0.487 e. The minimum absolute atomic E-state index is 0.143. The number of carboxylic acids is 1. The van der Waals surface area contributed by atoms with Crippen LogP contribution in [0.1, 0.15) is 32.6 Å². The van der Waals surface area contributed by atoms with Crippen molar-refractivity contribution in [1.82, 2.24) is 10.2 Å². The maximum atomic E-state index is 12.8. The summed E-state index contributed by atoms with van der Waals surface area (Å²) in [6.45, 7) is 2.29. The summed E-state index contributed by atoms with van der Waals surface area (Å²) < 4.78 is 5.72. The third-order valence-corrected chi connectivity index (χ3v) is 5.55. The Hall–Kier alpha value is -4.10. The molecule has 3 aromatic carbocycles. The number of aryl methyl sites for hydroxylation is 1. The molecule has 0 spiro atoms. The molecule has 0 saturated carbocycles. The average molecular weight is 477 g/mol. The van der Waals surface area contributed by atoms with Gasteiger partial charge >= 0.3 is 12.0 Å². The Morgan fingerprint density at radius 3 is 2.53 bits per heavy atom. The van der Waals surface area contributed by atoms with Gasteiger partial charge in [-0.1, -0.05) is 59.6 Å². The SMILES string of the molecule is Cc1ccc(CN2C(=O)N/C(=C/c3ccc(OCc4cccc(C(=O)O)c4)c(Cl)c3)C2=O)cc1. The molecular formula is C26H21ClN2O5. The third-order valence-electron chi connectivity index (χ3n) is 5.26. The van der Waals surface area contributed by atoms with Crippen molar-refractivity contribution in [2.24, 2.45) is 0 Å². The highest BCUT2D eigenvalue weighted by Crippen LogP contribution is 2.28. The van der Waals surface area contributed by atoms with E-state index in [1.165, 1.54) is 12.1 Å². The molecule has 3 amide bonds. The molecule has 2 N–H and O–H groups in total. The summed E-state index contributed by atoms with van der Waals surface area (Å²) in [5.74, 6) is -1.02. The molecule has 3 aromatic rings. The lowest BCUT2D eigenvalue weighted by atomic mass is 10.1. The average Bonchev–Trinajstić information content (AvgIpc) is 3.07. The maximum absolute atomic E-state index is 12.8. The van der Waals surface area contributed by atoms with Gasteiger partial charge in [-0.3, -0.25) is 9.69 Å². The van der Waals surface area contributed by atoms with Gasteiger partial charge in [-0.15, -0.1) is 0 Å². The normalized spacial score (nSPS) is 14.4. The summed E-state index contributed by atoms with van der Waals surface area (Å²) in [5, 5.41) is 12.0. The molecule has 1 heterocycles. The molecule has 1 saturated heterocycles. The highest BCUT2D eigenvalue weighted by Gasteiger charge is 2.33. The molecule has 0 aliphatic carbocycles. The molecule has 1 aliphatic rings. The summed E-state index contributed by atoms with van der Waals surface area (Å²) in [5.41, 5.74) is 3.59. The Bertz CT molecular complexity index is 1300. The Morgan fingerprint density at radius 1 is 1.06 bits per heavy atom. The van der Waals surface area contributed by atoms with E-state index in [-0.39, 0.29) is 24.4 Å². The lowest BCUT2D eigenvalue weighted by molar-refractivity contribution is -0.123. The minimum Gasteiger partial charge on any atom is -0.487 e. The van der Waals surface area contributed by atoms with Crippen molar-refractivity contribution in [3.8, 4) is 5.75 Å². The van der Waals surface area contributed by atoms with E-state index in [2.05, 4.69) is 5.32 Å². The van der Waals surface area contributed by atoms with Gasteiger partial charge < -0.3 is 15.2 Å². The first-order valence-electron chi connectivity index (χ1n) is 10.4. The Labute approximate surface area is 201 Å². The van der Waals surface area contributed by atoms with Crippen LogP contribution < -0.4 is 10.1 Å². The first-order chi connectivity index (χ1) is 16.3. The van der Waals surface area contributed by atoms with Crippen LogP contribution in [0, 0.1) is 6.92 Å². The lowest BCUT2D eigenvalue weighted by Crippen LogP contribution is -2.30. The number of imide groups is 1. The summed E-state index contributed by atoms with van der Waals surface area (Å²) in [6.07, 6.45) is 1.56. The molecule has 0 radical (unpaired) electrons. The van der Waals surface area contributed by atoms with Crippen molar-refractivity contribution in [3.05, 3.63) is 105 Å². The first-order valence-corrected chi connectivity index (χ1v) is 10.8. The predicted molar refractivity (Wildman–Crippen MR) is 127 cm³/mol. The van der Waals surface area contributed by atoms with Crippen LogP contribution in [0.25, 0.3) is 6.08 Å². The number of hydrogen-bond donors (Lipinski definition) is 2. The monoisotopic (exact) mass is 476 g/mol. The van der Waals surface area contributed by atoms with Crippen LogP contribution in [0.4, 0.5) is 4.79 Å². The smallest absolute Gasteiger partial charge is 0.335 e. The van der Waals surface area contributed by atoms with E-state index in [1.807, 2.05) is 31.2 Å². The number of amides is 3. The molecule has 7 nitrogen and oxygen atoms in total. The van der Waals surface area contributed by atoms with Gasteiger partial charge in [-0.25, -0.2) is 9.59 Å². The van der Waals surface area contributed by atoms with E-state index in [0.29, 0.717) is 21.9 Å². The Kier molecular flexibility index (Phi) is 6.65. The summed E-state index contributed by atoms with van der Waals surface area (Å²) in [4.78, 5) is 37.3. The van der Waals surface area contributed by atoms with E-state index in [1.54, 1.807) is 36.4 Å². The van der Waals surface area contributed by atoms with Gasteiger partial charge in [0.05, 0.1) is 17.1 Å². The van der Waals surface area contributed by atoms with Gasteiger partial charge in [0.2, 0.25) is 0 Å². The number of ether oxygens (including phenoxy) is 1. The van der Waals surface area contributed by atoms with Crippen LogP contribution in [0.5, 0.6) is 5.75 Å². The van der Waals surface area contributed by atoms with Crippen molar-refractivity contribution < 1.29 is 24.2 Å². The lowest BCUT2D eigenvalue weighted by Gasteiger charge is -2.12. The van der Waals surface area contributed by atoms with Gasteiger partial charge in [-0.05, 0) is 54.0 Å². The van der Waals surface area contributed by atoms with Crippen LogP contribution in [0.15, 0.2) is 72.4 Å². The van der Waals surface area contributed by atoms with Crippen molar-refractivity contribution in [1.29, 1.82) is 0 Å². The number of benzene rings is 3. The summed E-state index contributed by atoms with van der Waals surface area (Å²) in [7, 11) is 0. The van der Waals surface area contributed by atoms with Crippen LogP contribution in [-0.4, -0.2) is 27.9 Å². The van der Waals surface area contributed by atoms with Crippen molar-refractivity contribution >= 4 is 35.6 Å². The summed E-state index contributed by atoms with van der Waals surface area (Å²) in [6, 6.07) is 18.6. The zero-order valence-electron chi connectivity index (χ0n) is 18.2. The van der Waals surface area contributed by atoms with Crippen molar-refractivity contribution in [2.45, 2.75) is 20.1 Å². The van der Waals surface area contributed by atoms with E-state index >= 15 is 0 Å². The molecule has 0 unspecified atom stereocenters. The molecule has 4 rings (SSSR count). The number of aromatic carboxylic acids is 1. The molecule has 1 fully saturated rings. The number of rotatable bonds is 7. The number of urea groups is 1. The highest BCUT2D eigenvalue weighted by atomic mass is 35.5. The standard InChI is InChI=1S/C26H21ClN2O5/c1-16-5-7-17(8-6-16)14-29-24(30)22(28-26(29)33)13-18-9-10-23(21(27)12-18)34-15-19-3-2-4-20(11-19)25(31)32/h2-13H,14-15H2,1H3,(H,28,33)(H,31,32)/b22-13+. The third kappa shape index (κ3) is 5.27. The van der Waals surface area contributed by atoms with Gasteiger partial charge in [0.25, 0.3) is 5.91 Å². The molecule has 1 aliphatic heterocycles. The summed E-state index contributed by atoms with van der Waals surface area (Å²) >= 11 is 6.35. The molecular weight excluding hydrogens is 456 g/mol. The van der Waals surface area contributed by atoms with E-state index in [9.17, 15) is 14.4 Å². The van der Waals surface area contributed by atoms with Gasteiger partial charge in [0.15, 0.2) is 0 Å². The molecule has 0 bridgehead atoms. The number of carbonyl (C=O) groups excluding carboxylic acids is 2. The Balaban J connectivity index is 1.44. The number of carbonyl (C=O) groups is 3. The number of nitrogens with zero attached hydrogens (tertiary/aromatic N) is 1. The quantitative estimate of drug-likeness (QED) is 0.369. The molecule has 0 aromatic heterocycles. The second-order valence-electron chi connectivity index (χ2n) is 7.85. The molecule has 34 heavy (non-hydrogen) atoms. The van der Waals surface area contributed by atoms with Crippen molar-refractivity contribution in [3.63, 3.8) is 0 Å². The second-order valence-corrected chi connectivity index (χ2v) is 8.26. The first kappa shape index (κ1) is 23.1. The molecule has 8 heteroatoms. The highest BCUT2D eigenvalue weighted by molar-refractivity contribution is 6.32. The number of carboxylic acid groups (broad SMARTS) is 1. The maximum Gasteiger partial charge on any atom is 0.335 e. The van der Waals surface area contributed by atoms with Gasteiger partial charge in [-0.2, -0.15) is 0 Å². The van der Waals surface area contributed by atoms with E-state index in [4.69, 9.17) is 21.4 Å². The fraction of sp³-hybridized carbons (Fsp3) is 0.115.